The van der Waals surface area contributed by atoms with Gasteiger partial charge in [0.15, 0.2) is 0 Å². The second kappa shape index (κ2) is 6.32. The minimum atomic E-state index is -0.347. The Morgan fingerprint density at radius 3 is 2.88 bits per heavy atom. The molecule has 1 N–H and O–H groups in total. The SMILES string of the molecule is CC1CC2(CC(C3=NN=NC3(C)C)N1)OCCc1cc(Cl)sc12.Cl. The molecule has 1 aromatic heterocycles. The maximum atomic E-state index is 6.37. The number of hydrogen-bond donors (Lipinski definition) is 1. The van der Waals surface area contributed by atoms with E-state index in [0.717, 1.165) is 35.9 Å². The van der Waals surface area contributed by atoms with Crippen LogP contribution >= 0.6 is 35.3 Å². The zero-order valence-electron chi connectivity index (χ0n) is 14.0. The molecule has 0 aliphatic carbocycles. The Bertz CT molecular complexity index is 702. The lowest BCUT2D eigenvalue weighted by Gasteiger charge is -2.46. The van der Waals surface area contributed by atoms with Gasteiger partial charge in [0.25, 0.3) is 0 Å². The highest BCUT2D eigenvalue weighted by atomic mass is 35.5. The van der Waals surface area contributed by atoms with Crippen molar-refractivity contribution in [1.29, 1.82) is 0 Å². The summed E-state index contributed by atoms with van der Waals surface area (Å²) in [5.41, 5.74) is 1.74. The van der Waals surface area contributed by atoms with E-state index in [1.807, 2.05) is 0 Å². The van der Waals surface area contributed by atoms with Gasteiger partial charge in [0, 0.05) is 17.3 Å². The Kier molecular flexibility index (Phi) is 4.81. The van der Waals surface area contributed by atoms with Crippen LogP contribution in [-0.2, 0) is 16.8 Å². The summed E-state index contributed by atoms with van der Waals surface area (Å²) < 4.78 is 7.22. The fraction of sp³-hybridized carbons (Fsp3) is 0.688. The van der Waals surface area contributed by atoms with Crippen molar-refractivity contribution < 1.29 is 4.74 Å². The van der Waals surface area contributed by atoms with E-state index in [9.17, 15) is 0 Å². The van der Waals surface area contributed by atoms with E-state index in [1.165, 1.54) is 10.4 Å². The summed E-state index contributed by atoms with van der Waals surface area (Å²) >= 11 is 7.96. The lowest BCUT2D eigenvalue weighted by atomic mass is 9.76. The Morgan fingerprint density at radius 1 is 1.38 bits per heavy atom. The van der Waals surface area contributed by atoms with Crippen LogP contribution in [0.2, 0.25) is 4.34 Å². The number of halogens is 2. The molecule has 1 fully saturated rings. The number of thiophene rings is 1. The van der Waals surface area contributed by atoms with Crippen molar-refractivity contribution in [2.45, 2.75) is 63.3 Å². The normalized spacial score (nSPS) is 33.9. The van der Waals surface area contributed by atoms with Crippen LogP contribution in [0.15, 0.2) is 21.5 Å². The fourth-order valence-corrected chi connectivity index (χ4v) is 5.55. The van der Waals surface area contributed by atoms with Crippen molar-refractivity contribution in [3.63, 3.8) is 0 Å². The molecule has 132 valence electrons. The molecule has 3 atom stereocenters. The first kappa shape index (κ1) is 18.3. The van der Waals surface area contributed by atoms with Crippen LogP contribution in [0.3, 0.4) is 0 Å². The molecule has 4 heterocycles. The molecule has 0 saturated carbocycles. The number of rotatable bonds is 1. The van der Waals surface area contributed by atoms with Gasteiger partial charge in [-0.2, -0.15) is 5.11 Å². The first-order chi connectivity index (χ1) is 10.9. The maximum absolute atomic E-state index is 6.37. The van der Waals surface area contributed by atoms with Crippen molar-refractivity contribution in [3.8, 4) is 0 Å². The quantitative estimate of drug-likeness (QED) is 0.777. The van der Waals surface area contributed by atoms with Crippen LogP contribution in [0.25, 0.3) is 0 Å². The molecule has 3 unspecified atom stereocenters. The van der Waals surface area contributed by atoms with Gasteiger partial charge in [-0.3, -0.25) is 0 Å². The van der Waals surface area contributed by atoms with Crippen LogP contribution in [0.4, 0.5) is 0 Å². The largest absolute Gasteiger partial charge is 0.369 e. The molecule has 0 amide bonds. The van der Waals surface area contributed by atoms with Gasteiger partial charge in [0.2, 0.25) is 0 Å². The Hall–Kier alpha value is -0.530. The first-order valence-corrected chi connectivity index (χ1v) is 9.28. The minimum absolute atomic E-state index is 0. The highest BCUT2D eigenvalue weighted by molar-refractivity contribution is 7.16. The summed E-state index contributed by atoms with van der Waals surface area (Å²) in [5, 5.41) is 16.2. The van der Waals surface area contributed by atoms with Gasteiger partial charge in [-0.25, -0.2) is 0 Å². The lowest BCUT2D eigenvalue weighted by molar-refractivity contribution is -0.0897. The standard InChI is InChI=1S/C16H21ClN4OS.ClH/c1-9-7-16(14-10(4-5-22-16)6-12(17)23-14)8-11(18-9)13-15(2,3)20-21-19-13;/h6,9,11,18H,4-5,7-8H2,1-3H3;1H. The number of nitrogens with zero attached hydrogens (tertiary/aromatic N) is 3. The predicted molar refractivity (Wildman–Crippen MR) is 99.9 cm³/mol. The molecule has 24 heavy (non-hydrogen) atoms. The van der Waals surface area contributed by atoms with Crippen LogP contribution in [0, 0.1) is 0 Å². The van der Waals surface area contributed by atoms with Crippen LogP contribution < -0.4 is 5.32 Å². The smallest absolute Gasteiger partial charge is 0.120 e. The molecular formula is C16H22Cl2N4OS. The van der Waals surface area contributed by atoms with E-state index < -0.39 is 0 Å². The summed E-state index contributed by atoms with van der Waals surface area (Å²) in [6.45, 7) is 7.08. The summed E-state index contributed by atoms with van der Waals surface area (Å²) in [6, 6.07) is 2.56. The van der Waals surface area contributed by atoms with Crippen LogP contribution in [-0.4, -0.2) is 29.9 Å². The molecule has 4 rings (SSSR count). The van der Waals surface area contributed by atoms with Crippen molar-refractivity contribution in [2.24, 2.45) is 15.4 Å². The third kappa shape index (κ3) is 2.92. The summed E-state index contributed by atoms with van der Waals surface area (Å²) in [4.78, 5) is 1.30. The number of nitrogens with one attached hydrogen (secondary N) is 1. The average Bonchev–Trinajstić information content (AvgIpc) is 3.01. The molecule has 0 radical (unpaired) electrons. The zero-order chi connectivity index (χ0) is 16.2. The van der Waals surface area contributed by atoms with Crippen molar-refractivity contribution >= 4 is 41.1 Å². The highest BCUT2D eigenvalue weighted by Crippen LogP contribution is 2.48. The second-order valence-corrected chi connectivity index (χ2v) is 8.94. The zero-order valence-corrected chi connectivity index (χ0v) is 16.4. The first-order valence-electron chi connectivity index (χ1n) is 8.09. The summed E-state index contributed by atoms with van der Waals surface area (Å²) in [7, 11) is 0. The molecule has 3 aliphatic heterocycles. The van der Waals surface area contributed by atoms with E-state index in [4.69, 9.17) is 16.3 Å². The van der Waals surface area contributed by atoms with Gasteiger partial charge in [0.1, 0.15) is 11.1 Å². The molecule has 5 nitrogen and oxygen atoms in total. The van der Waals surface area contributed by atoms with Crippen molar-refractivity contribution in [2.75, 3.05) is 6.61 Å². The molecule has 0 aromatic carbocycles. The van der Waals surface area contributed by atoms with Crippen LogP contribution in [0.1, 0.15) is 44.1 Å². The van der Waals surface area contributed by atoms with Gasteiger partial charge in [-0.1, -0.05) is 11.6 Å². The number of fused-ring (bicyclic) bond motifs is 2. The number of ether oxygens (including phenoxy) is 1. The Morgan fingerprint density at radius 2 is 2.17 bits per heavy atom. The molecule has 3 aliphatic rings. The molecule has 1 spiro atoms. The highest BCUT2D eigenvalue weighted by Gasteiger charge is 2.49. The van der Waals surface area contributed by atoms with Crippen LogP contribution in [0.5, 0.6) is 0 Å². The van der Waals surface area contributed by atoms with Gasteiger partial charge >= 0.3 is 0 Å². The van der Waals surface area contributed by atoms with Gasteiger partial charge in [-0.15, -0.1) is 28.8 Å². The van der Waals surface area contributed by atoms with E-state index in [0.29, 0.717) is 6.04 Å². The van der Waals surface area contributed by atoms with Gasteiger partial charge in [0.05, 0.1) is 22.7 Å². The summed E-state index contributed by atoms with van der Waals surface area (Å²) in [6.07, 6.45) is 2.76. The molecular weight excluding hydrogens is 367 g/mol. The Balaban J connectivity index is 0.00000169. The minimum Gasteiger partial charge on any atom is -0.369 e. The maximum Gasteiger partial charge on any atom is 0.120 e. The third-order valence-corrected chi connectivity index (χ3v) is 6.49. The topological polar surface area (TPSA) is 58.3 Å². The molecule has 8 heteroatoms. The van der Waals surface area contributed by atoms with E-state index in [1.54, 1.807) is 11.3 Å². The lowest BCUT2D eigenvalue weighted by Crippen LogP contribution is -2.58. The van der Waals surface area contributed by atoms with E-state index >= 15 is 0 Å². The summed E-state index contributed by atoms with van der Waals surface area (Å²) in [5.74, 6) is 0. The molecule has 1 saturated heterocycles. The van der Waals surface area contributed by atoms with Gasteiger partial charge < -0.3 is 10.1 Å². The second-order valence-electron chi connectivity index (χ2n) is 7.26. The third-order valence-electron chi connectivity index (χ3n) is 5.00. The predicted octanol–water partition coefficient (Wildman–Crippen LogP) is 4.33. The molecule has 1 aromatic rings. The van der Waals surface area contributed by atoms with E-state index in [2.05, 4.69) is 47.6 Å². The average molecular weight is 389 g/mol. The monoisotopic (exact) mass is 388 g/mol. The Labute approximate surface area is 157 Å². The van der Waals surface area contributed by atoms with Crippen molar-refractivity contribution in [1.82, 2.24) is 5.32 Å². The number of piperidine rings is 1. The van der Waals surface area contributed by atoms with Gasteiger partial charge in [-0.05, 0) is 50.5 Å². The fourth-order valence-electron chi connectivity index (χ4n) is 4.09. The number of hydrogen-bond acceptors (Lipinski definition) is 6. The van der Waals surface area contributed by atoms with Crippen molar-refractivity contribution in [3.05, 3.63) is 20.8 Å². The molecule has 0 bridgehead atoms. The van der Waals surface area contributed by atoms with E-state index in [-0.39, 0.29) is 29.6 Å².